The first-order chi connectivity index (χ1) is 10.0. The molecule has 0 unspecified atom stereocenters. The lowest BCUT2D eigenvalue weighted by molar-refractivity contribution is 0.0954. The van der Waals surface area contributed by atoms with E-state index in [1.165, 1.54) is 17.4 Å². The first kappa shape index (κ1) is 15.4. The summed E-state index contributed by atoms with van der Waals surface area (Å²) < 4.78 is 25.9. The number of carbonyl (C=O) groups is 1. The molecule has 0 aliphatic heterocycles. The fraction of sp³-hybridized carbons (Fsp3) is 0.286. The van der Waals surface area contributed by atoms with Crippen molar-refractivity contribution in [3.63, 3.8) is 0 Å². The molecule has 21 heavy (non-hydrogen) atoms. The maximum atomic E-state index is 13.1. The van der Waals surface area contributed by atoms with Crippen molar-refractivity contribution in [2.45, 2.75) is 20.4 Å². The van der Waals surface area contributed by atoms with E-state index in [1.54, 1.807) is 6.92 Å². The van der Waals surface area contributed by atoms with Crippen molar-refractivity contribution in [2.24, 2.45) is 0 Å². The van der Waals surface area contributed by atoms with Crippen LogP contribution in [-0.4, -0.2) is 17.4 Å². The zero-order valence-electron chi connectivity index (χ0n) is 11.7. The smallest absolute Gasteiger partial charge is 0.263 e. The van der Waals surface area contributed by atoms with E-state index in [-0.39, 0.29) is 12.5 Å². The van der Waals surface area contributed by atoms with Crippen molar-refractivity contribution in [1.29, 1.82) is 0 Å². The molecular formula is C14H15F2N3OS. The van der Waals surface area contributed by atoms with Gasteiger partial charge in [-0.3, -0.25) is 4.79 Å². The Morgan fingerprint density at radius 1 is 1.33 bits per heavy atom. The number of anilines is 1. The zero-order chi connectivity index (χ0) is 15.4. The number of amides is 1. The third-order valence-corrected chi connectivity index (χ3v) is 3.88. The molecule has 0 saturated heterocycles. The van der Waals surface area contributed by atoms with Gasteiger partial charge in [0.05, 0.1) is 5.69 Å². The molecule has 1 heterocycles. The zero-order valence-corrected chi connectivity index (χ0v) is 12.5. The van der Waals surface area contributed by atoms with E-state index >= 15 is 0 Å². The number of halogens is 2. The van der Waals surface area contributed by atoms with E-state index in [0.717, 1.165) is 18.7 Å². The molecule has 0 atom stereocenters. The van der Waals surface area contributed by atoms with E-state index in [2.05, 4.69) is 15.6 Å². The van der Waals surface area contributed by atoms with Crippen LogP contribution in [0.5, 0.6) is 0 Å². The van der Waals surface area contributed by atoms with E-state index in [4.69, 9.17) is 0 Å². The number of hydrogen-bond donors (Lipinski definition) is 2. The second-order valence-corrected chi connectivity index (χ2v) is 5.39. The first-order valence-electron chi connectivity index (χ1n) is 6.44. The maximum absolute atomic E-state index is 13.1. The van der Waals surface area contributed by atoms with Gasteiger partial charge in [-0.15, -0.1) is 0 Å². The second-order valence-electron chi connectivity index (χ2n) is 4.40. The van der Waals surface area contributed by atoms with Gasteiger partial charge in [-0.1, -0.05) is 17.4 Å². The summed E-state index contributed by atoms with van der Waals surface area (Å²) >= 11 is 1.26. The van der Waals surface area contributed by atoms with Crippen LogP contribution in [0, 0.1) is 18.6 Å². The molecule has 0 aliphatic rings. The largest absolute Gasteiger partial charge is 0.362 e. The third-order valence-electron chi connectivity index (χ3n) is 2.77. The normalized spacial score (nSPS) is 10.5. The van der Waals surface area contributed by atoms with Gasteiger partial charge in [0, 0.05) is 13.1 Å². The molecule has 112 valence electrons. The van der Waals surface area contributed by atoms with Gasteiger partial charge in [0.15, 0.2) is 16.8 Å². The summed E-state index contributed by atoms with van der Waals surface area (Å²) in [5.74, 6) is -2.11. The molecule has 1 aromatic carbocycles. The van der Waals surface area contributed by atoms with Crippen molar-refractivity contribution >= 4 is 22.4 Å². The molecule has 0 bridgehead atoms. The van der Waals surface area contributed by atoms with Gasteiger partial charge in [0.25, 0.3) is 5.91 Å². The number of benzene rings is 1. The molecular weight excluding hydrogens is 296 g/mol. The van der Waals surface area contributed by atoms with Crippen molar-refractivity contribution in [2.75, 3.05) is 11.9 Å². The summed E-state index contributed by atoms with van der Waals surface area (Å²) in [4.78, 5) is 16.8. The predicted octanol–water partition coefficient (Wildman–Crippen LogP) is 3.09. The Hall–Kier alpha value is -2.02. The van der Waals surface area contributed by atoms with Crippen LogP contribution in [0.25, 0.3) is 0 Å². The van der Waals surface area contributed by atoms with Crippen molar-refractivity contribution in [3.05, 3.63) is 46.0 Å². The lowest BCUT2D eigenvalue weighted by Crippen LogP contribution is -2.22. The third kappa shape index (κ3) is 3.75. The van der Waals surface area contributed by atoms with Gasteiger partial charge < -0.3 is 10.6 Å². The molecule has 0 spiro atoms. The lowest BCUT2D eigenvalue weighted by atomic mass is 10.2. The van der Waals surface area contributed by atoms with Gasteiger partial charge in [-0.05, 0) is 31.5 Å². The summed E-state index contributed by atoms with van der Waals surface area (Å²) in [5, 5.41) is 6.41. The van der Waals surface area contributed by atoms with Crippen LogP contribution in [-0.2, 0) is 6.54 Å². The standard InChI is InChI=1S/C14H15F2N3OS/c1-3-17-14-19-8(2)12(21-14)13(20)18-7-9-4-5-10(15)11(16)6-9/h4-6H,3,7H2,1-2H3,(H,17,19)(H,18,20). The Kier molecular flexibility index (Phi) is 4.85. The van der Waals surface area contributed by atoms with Crippen molar-refractivity contribution in [1.82, 2.24) is 10.3 Å². The van der Waals surface area contributed by atoms with Crippen LogP contribution in [0.1, 0.15) is 27.9 Å². The highest BCUT2D eigenvalue weighted by molar-refractivity contribution is 7.17. The summed E-state index contributed by atoms with van der Waals surface area (Å²) in [7, 11) is 0. The quantitative estimate of drug-likeness (QED) is 0.892. The summed E-state index contributed by atoms with van der Waals surface area (Å²) in [6.07, 6.45) is 0. The fourth-order valence-electron chi connectivity index (χ4n) is 1.75. The average molecular weight is 311 g/mol. The summed E-state index contributed by atoms with van der Waals surface area (Å²) in [6, 6.07) is 3.54. The highest BCUT2D eigenvalue weighted by Crippen LogP contribution is 2.22. The van der Waals surface area contributed by atoms with Crippen LogP contribution < -0.4 is 10.6 Å². The SMILES string of the molecule is CCNc1nc(C)c(C(=O)NCc2ccc(F)c(F)c2)s1. The summed E-state index contributed by atoms with van der Waals surface area (Å²) in [6.45, 7) is 4.55. The van der Waals surface area contributed by atoms with E-state index < -0.39 is 11.6 Å². The molecule has 0 saturated carbocycles. The number of carbonyl (C=O) groups excluding carboxylic acids is 1. The molecule has 0 aliphatic carbocycles. The topological polar surface area (TPSA) is 54.0 Å². The summed E-state index contributed by atoms with van der Waals surface area (Å²) in [5.41, 5.74) is 1.13. The van der Waals surface area contributed by atoms with Gasteiger partial charge in [-0.25, -0.2) is 13.8 Å². The van der Waals surface area contributed by atoms with Crippen LogP contribution in [0.15, 0.2) is 18.2 Å². The first-order valence-corrected chi connectivity index (χ1v) is 7.26. The monoisotopic (exact) mass is 311 g/mol. The number of nitrogens with one attached hydrogen (secondary N) is 2. The van der Waals surface area contributed by atoms with E-state index in [9.17, 15) is 13.6 Å². The average Bonchev–Trinajstić information content (AvgIpc) is 2.81. The van der Waals surface area contributed by atoms with E-state index in [1.807, 2.05) is 6.92 Å². The van der Waals surface area contributed by atoms with Gasteiger partial charge in [0.2, 0.25) is 0 Å². The van der Waals surface area contributed by atoms with Crippen LogP contribution >= 0.6 is 11.3 Å². The van der Waals surface area contributed by atoms with Crippen molar-refractivity contribution in [3.8, 4) is 0 Å². The Bertz CT molecular complexity index is 658. The number of aryl methyl sites for hydroxylation is 1. The highest BCUT2D eigenvalue weighted by Gasteiger charge is 2.15. The van der Waals surface area contributed by atoms with Crippen LogP contribution in [0.2, 0.25) is 0 Å². The molecule has 2 rings (SSSR count). The van der Waals surface area contributed by atoms with Crippen LogP contribution in [0.4, 0.5) is 13.9 Å². The Morgan fingerprint density at radius 2 is 2.10 bits per heavy atom. The minimum atomic E-state index is -0.926. The number of nitrogens with zero attached hydrogens (tertiary/aromatic N) is 1. The molecule has 0 fully saturated rings. The minimum absolute atomic E-state index is 0.129. The number of aromatic nitrogens is 1. The molecule has 2 aromatic rings. The Balaban J connectivity index is 2.02. The van der Waals surface area contributed by atoms with Crippen molar-refractivity contribution < 1.29 is 13.6 Å². The van der Waals surface area contributed by atoms with Crippen LogP contribution in [0.3, 0.4) is 0 Å². The maximum Gasteiger partial charge on any atom is 0.263 e. The number of thiazole rings is 1. The molecule has 7 heteroatoms. The Morgan fingerprint density at radius 3 is 2.76 bits per heavy atom. The molecule has 2 N–H and O–H groups in total. The molecule has 1 amide bonds. The molecule has 0 radical (unpaired) electrons. The highest BCUT2D eigenvalue weighted by atomic mass is 32.1. The van der Waals surface area contributed by atoms with Gasteiger partial charge in [0.1, 0.15) is 4.88 Å². The minimum Gasteiger partial charge on any atom is -0.362 e. The predicted molar refractivity (Wildman–Crippen MR) is 78.5 cm³/mol. The molecule has 1 aromatic heterocycles. The van der Waals surface area contributed by atoms with Gasteiger partial charge in [-0.2, -0.15) is 0 Å². The number of rotatable bonds is 5. The Labute approximate surface area is 125 Å². The molecule has 4 nitrogen and oxygen atoms in total. The lowest BCUT2D eigenvalue weighted by Gasteiger charge is -2.04. The van der Waals surface area contributed by atoms with E-state index in [0.29, 0.717) is 21.3 Å². The van der Waals surface area contributed by atoms with Gasteiger partial charge >= 0.3 is 0 Å². The number of hydrogen-bond acceptors (Lipinski definition) is 4. The fourth-order valence-corrected chi connectivity index (χ4v) is 2.70. The second kappa shape index (κ2) is 6.62.